The molecule has 0 aromatic carbocycles. The van der Waals surface area contributed by atoms with Gasteiger partial charge in [-0.25, -0.2) is 0 Å². The molecule has 2 atom stereocenters. The monoisotopic (exact) mass is 186 g/mol. The van der Waals surface area contributed by atoms with Gasteiger partial charge in [0.25, 0.3) is 0 Å². The number of carbonyl (C=O) groups excluding carboxylic acids is 1. The summed E-state index contributed by atoms with van der Waals surface area (Å²) in [7, 11) is 0. The Balaban J connectivity index is 3.50. The summed E-state index contributed by atoms with van der Waals surface area (Å²) in [5.41, 5.74) is 0. The number of hydrogen-bond acceptors (Lipinski definition) is 2. The van der Waals surface area contributed by atoms with E-state index in [2.05, 4.69) is 20.8 Å². The Morgan fingerprint density at radius 2 is 1.77 bits per heavy atom. The molecule has 0 saturated carbocycles. The zero-order valence-electron chi connectivity index (χ0n) is 9.21. The van der Waals surface area contributed by atoms with Crippen molar-refractivity contribution in [2.24, 2.45) is 11.8 Å². The lowest BCUT2D eigenvalue weighted by molar-refractivity contribution is -0.125. The molecule has 0 spiro atoms. The summed E-state index contributed by atoms with van der Waals surface area (Å²) in [6.07, 6.45) is 1.92. The van der Waals surface area contributed by atoms with Crippen molar-refractivity contribution in [3.63, 3.8) is 0 Å². The van der Waals surface area contributed by atoms with Crippen LogP contribution in [0.5, 0.6) is 0 Å². The lowest BCUT2D eigenvalue weighted by atomic mass is 9.92. The molecule has 0 aromatic heterocycles. The van der Waals surface area contributed by atoms with Crippen LogP contribution in [0.4, 0.5) is 0 Å². The Kier molecular flexibility index (Phi) is 5.97. The predicted molar refractivity (Wildman–Crippen MR) is 54.5 cm³/mol. The molecule has 0 aromatic rings. The molecule has 0 aliphatic rings. The van der Waals surface area contributed by atoms with Crippen LogP contribution in [-0.2, 0) is 4.79 Å². The Labute approximate surface area is 81.3 Å². The second kappa shape index (κ2) is 6.14. The quantitative estimate of drug-likeness (QED) is 0.691. The second-order valence-electron chi connectivity index (χ2n) is 4.28. The van der Waals surface area contributed by atoms with Crippen LogP contribution in [0, 0.1) is 11.8 Å². The van der Waals surface area contributed by atoms with E-state index in [-0.39, 0.29) is 5.78 Å². The molecule has 0 heterocycles. The zero-order chi connectivity index (χ0) is 10.4. The van der Waals surface area contributed by atoms with Crippen LogP contribution in [0.15, 0.2) is 0 Å². The molecule has 2 heteroatoms. The fourth-order valence-electron chi connectivity index (χ4n) is 1.17. The van der Waals surface area contributed by atoms with Crippen molar-refractivity contribution in [2.75, 3.05) is 0 Å². The summed E-state index contributed by atoms with van der Waals surface area (Å²) >= 11 is 0. The third kappa shape index (κ3) is 5.81. The highest BCUT2D eigenvalue weighted by atomic mass is 16.3. The summed E-state index contributed by atoms with van der Waals surface area (Å²) in [4.78, 5) is 10.7. The molecule has 1 N–H and O–H groups in total. The highest BCUT2D eigenvalue weighted by Gasteiger charge is 2.11. The number of Topliss-reactive ketones (excluding diaryl/α,β-unsaturated/α-hetero) is 1. The van der Waals surface area contributed by atoms with Gasteiger partial charge in [0.1, 0.15) is 6.10 Å². The number of rotatable bonds is 6. The molecule has 0 aliphatic heterocycles. The van der Waals surface area contributed by atoms with Crippen molar-refractivity contribution in [3.8, 4) is 0 Å². The van der Waals surface area contributed by atoms with Gasteiger partial charge in [-0.15, -0.1) is 0 Å². The summed E-state index contributed by atoms with van der Waals surface area (Å²) < 4.78 is 0. The lowest BCUT2D eigenvalue weighted by Crippen LogP contribution is -2.17. The van der Waals surface area contributed by atoms with Crippen LogP contribution in [0.2, 0.25) is 0 Å². The maximum Gasteiger partial charge on any atom is 0.158 e. The molecule has 0 fully saturated rings. The molecule has 2 unspecified atom stereocenters. The first-order valence-corrected chi connectivity index (χ1v) is 5.13. The van der Waals surface area contributed by atoms with Crippen molar-refractivity contribution in [1.82, 2.24) is 0 Å². The maximum atomic E-state index is 10.7. The largest absolute Gasteiger partial charge is 0.385 e. The highest BCUT2D eigenvalue weighted by Crippen LogP contribution is 2.17. The van der Waals surface area contributed by atoms with E-state index in [1.165, 1.54) is 6.92 Å². The van der Waals surface area contributed by atoms with Gasteiger partial charge in [-0.2, -0.15) is 0 Å². The summed E-state index contributed by atoms with van der Waals surface area (Å²) in [6, 6.07) is 0. The summed E-state index contributed by atoms with van der Waals surface area (Å²) in [6.45, 7) is 8.06. The fourth-order valence-corrected chi connectivity index (χ4v) is 1.17. The number of aliphatic hydroxyl groups excluding tert-OH is 1. The molecule has 0 aliphatic carbocycles. The molecular formula is C11H22O2. The van der Waals surface area contributed by atoms with Crippen LogP contribution in [0.25, 0.3) is 0 Å². The van der Waals surface area contributed by atoms with Crippen molar-refractivity contribution >= 4 is 5.78 Å². The van der Waals surface area contributed by atoms with Crippen molar-refractivity contribution in [3.05, 3.63) is 0 Å². The van der Waals surface area contributed by atoms with Gasteiger partial charge in [-0.1, -0.05) is 33.6 Å². The average Bonchev–Trinajstić information content (AvgIpc) is 2.03. The first kappa shape index (κ1) is 12.6. The van der Waals surface area contributed by atoms with E-state index in [0.29, 0.717) is 18.3 Å². The van der Waals surface area contributed by atoms with Crippen LogP contribution < -0.4 is 0 Å². The number of aliphatic hydroxyl groups is 1. The van der Waals surface area contributed by atoms with Gasteiger partial charge in [0.2, 0.25) is 0 Å². The lowest BCUT2D eigenvalue weighted by Gasteiger charge is -2.15. The Morgan fingerprint density at radius 3 is 2.15 bits per heavy atom. The zero-order valence-corrected chi connectivity index (χ0v) is 9.21. The van der Waals surface area contributed by atoms with Gasteiger partial charge in [0.15, 0.2) is 5.78 Å². The molecule has 0 amide bonds. The average molecular weight is 186 g/mol. The molecule has 2 nitrogen and oxygen atoms in total. The van der Waals surface area contributed by atoms with Crippen LogP contribution in [0.3, 0.4) is 0 Å². The molecule has 78 valence electrons. The number of carbonyl (C=O) groups is 1. The normalized spacial score (nSPS) is 15.8. The van der Waals surface area contributed by atoms with Gasteiger partial charge in [-0.05, 0) is 25.2 Å². The van der Waals surface area contributed by atoms with Gasteiger partial charge in [0.05, 0.1) is 0 Å². The first-order valence-electron chi connectivity index (χ1n) is 5.13. The maximum absolute atomic E-state index is 10.7. The van der Waals surface area contributed by atoms with Crippen molar-refractivity contribution in [1.29, 1.82) is 0 Å². The first-order chi connectivity index (χ1) is 5.95. The van der Waals surface area contributed by atoms with Crippen molar-refractivity contribution < 1.29 is 9.90 Å². The standard InChI is InChI=1S/C11H22O2/c1-8(2)9(3)6-5-7-11(13)10(4)12/h8-9,11,13H,5-7H2,1-4H3. The molecule has 0 radical (unpaired) electrons. The molecular weight excluding hydrogens is 164 g/mol. The Morgan fingerprint density at radius 1 is 1.23 bits per heavy atom. The third-order valence-electron chi connectivity index (χ3n) is 2.74. The minimum atomic E-state index is -0.737. The van der Waals surface area contributed by atoms with Gasteiger partial charge in [-0.3, -0.25) is 4.79 Å². The van der Waals surface area contributed by atoms with Gasteiger partial charge < -0.3 is 5.11 Å². The van der Waals surface area contributed by atoms with Crippen LogP contribution in [0.1, 0.15) is 47.0 Å². The Bertz CT molecular complexity index is 152. The van der Waals surface area contributed by atoms with Crippen molar-refractivity contribution in [2.45, 2.75) is 53.1 Å². The molecule has 0 bridgehead atoms. The van der Waals surface area contributed by atoms with E-state index in [1.807, 2.05) is 0 Å². The van der Waals surface area contributed by atoms with E-state index in [0.717, 1.165) is 12.8 Å². The number of ketones is 1. The third-order valence-corrected chi connectivity index (χ3v) is 2.74. The minimum Gasteiger partial charge on any atom is -0.385 e. The second-order valence-corrected chi connectivity index (χ2v) is 4.28. The predicted octanol–water partition coefficient (Wildman–Crippen LogP) is 2.40. The minimum absolute atomic E-state index is 0.114. The van der Waals surface area contributed by atoms with E-state index in [4.69, 9.17) is 0 Å². The van der Waals surface area contributed by atoms with Crippen LogP contribution >= 0.6 is 0 Å². The number of hydrogen-bond donors (Lipinski definition) is 1. The van der Waals surface area contributed by atoms with E-state index in [1.54, 1.807) is 0 Å². The van der Waals surface area contributed by atoms with E-state index < -0.39 is 6.10 Å². The van der Waals surface area contributed by atoms with E-state index in [9.17, 15) is 9.90 Å². The van der Waals surface area contributed by atoms with E-state index >= 15 is 0 Å². The summed E-state index contributed by atoms with van der Waals surface area (Å²) in [5.74, 6) is 1.26. The molecule has 0 rings (SSSR count). The van der Waals surface area contributed by atoms with Gasteiger partial charge in [0, 0.05) is 0 Å². The smallest absolute Gasteiger partial charge is 0.158 e. The highest BCUT2D eigenvalue weighted by molar-refractivity contribution is 5.79. The summed E-state index contributed by atoms with van der Waals surface area (Å²) in [5, 5.41) is 9.23. The fraction of sp³-hybridized carbons (Fsp3) is 0.909. The van der Waals surface area contributed by atoms with Gasteiger partial charge >= 0.3 is 0 Å². The SMILES string of the molecule is CC(=O)C(O)CCCC(C)C(C)C. The topological polar surface area (TPSA) is 37.3 Å². The molecule has 0 saturated heterocycles. The molecule has 13 heavy (non-hydrogen) atoms. The Hall–Kier alpha value is -0.370. The van der Waals surface area contributed by atoms with Crippen LogP contribution in [-0.4, -0.2) is 17.0 Å².